The first-order valence-corrected chi connectivity index (χ1v) is 9.67. The molecule has 24 heavy (non-hydrogen) atoms. The fourth-order valence-electron chi connectivity index (χ4n) is 2.81. The van der Waals surface area contributed by atoms with Crippen molar-refractivity contribution in [2.75, 3.05) is 17.7 Å². The molecule has 0 saturated carbocycles. The molecule has 6 heteroatoms. The highest BCUT2D eigenvalue weighted by Gasteiger charge is 2.25. The van der Waals surface area contributed by atoms with Crippen LogP contribution in [0.1, 0.15) is 27.0 Å². The zero-order valence-electron chi connectivity index (χ0n) is 13.7. The number of sulfonamides is 1. The van der Waals surface area contributed by atoms with Crippen molar-refractivity contribution in [1.82, 2.24) is 4.72 Å². The van der Waals surface area contributed by atoms with Gasteiger partial charge in [0, 0.05) is 24.3 Å². The lowest BCUT2D eigenvalue weighted by atomic mass is 10.1. The molecule has 0 bridgehead atoms. The second-order valence-corrected chi connectivity index (χ2v) is 7.96. The average molecular weight is 344 g/mol. The Morgan fingerprint density at radius 3 is 2.54 bits per heavy atom. The molecule has 0 saturated heterocycles. The molecule has 0 aliphatic carbocycles. The summed E-state index contributed by atoms with van der Waals surface area (Å²) in [6.45, 7) is 2.85. The van der Waals surface area contributed by atoms with Gasteiger partial charge >= 0.3 is 0 Å². The molecule has 0 fully saturated rings. The van der Waals surface area contributed by atoms with E-state index < -0.39 is 10.0 Å². The Labute approximate surface area is 142 Å². The minimum absolute atomic E-state index is 0.0260. The number of aryl methyl sites for hydroxylation is 1. The van der Waals surface area contributed by atoms with Gasteiger partial charge in [-0.25, -0.2) is 13.1 Å². The van der Waals surface area contributed by atoms with E-state index in [-0.39, 0.29) is 12.5 Å². The molecule has 3 rings (SSSR count). The highest BCUT2D eigenvalue weighted by molar-refractivity contribution is 7.88. The maximum atomic E-state index is 12.8. The Bertz CT molecular complexity index is 874. The number of carbonyl (C=O) groups excluding carboxylic acids is 1. The molecule has 5 nitrogen and oxygen atoms in total. The summed E-state index contributed by atoms with van der Waals surface area (Å²) in [7, 11) is -3.24. The quantitative estimate of drug-likeness (QED) is 0.925. The first-order chi connectivity index (χ1) is 11.3. The number of hydrogen-bond donors (Lipinski definition) is 1. The van der Waals surface area contributed by atoms with Crippen molar-refractivity contribution >= 4 is 21.6 Å². The maximum absolute atomic E-state index is 12.8. The maximum Gasteiger partial charge on any atom is 0.258 e. The van der Waals surface area contributed by atoms with Crippen LogP contribution in [-0.4, -0.2) is 27.1 Å². The summed E-state index contributed by atoms with van der Waals surface area (Å²) < 4.78 is 25.0. The monoisotopic (exact) mass is 344 g/mol. The number of fused-ring (bicyclic) bond motifs is 1. The highest BCUT2D eigenvalue weighted by atomic mass is 32.2. The fraction of sp³-hybridized carbons (Fsp3) is 0.278. The van der Waals surface area contributed by atoms with E-state index >= 15 is 0 Å². The number of hydrogen-bond acceptors (Lipinski definition) is 3. The largest absolute Gasteiger partial charge is 0.308 e. The van der Waals surface area contributed by atoms with E-state index in [0.29, 0.717) is 12.1 Å². The van der Waals surface area contributed by atoms with Crippen LogP contribution < -0.4 is 9.62 Å². The van der Waals surface area contributed by atoms with E-state index in [1.165, 1.54) is 0 Å². The van der Waals surface area contributed by atoms with Crippen LogP contribution in [0.2, 0.25) is 0 Å². The minimum atomic E-state index is -3.24. The van der Waals surface area contributed by atoms with E-state index in [9.17, 15) is 13.2 Å². The van der Waals surface area contributed by atoms with Gasteiger partial charge in [0.05, 0.1) is 6.26 Å². The topological polar surface area (TPSA) is 66.5 Å². The SMILES string of the molecule is Cc1ccc(C(=O)N2CCc3ccc(CNS(C)(=O)=O)cc32)cc1. The minimum Gasteiger partial charge on any atom is -0.308 e. The van der Waals surface area contributed by atoms with Gasteiger partial charge in [0.2, 0.25) is 10.0 Å². The van der Waals surface area contributed by atoms with Gasteiger partial charge in [-0.2, -0.15) is 0 Å². The lowest BCUT2D eigenvalue weighted by Gasteiger charge is -2.18. The zero-order valence-corrected chi connectivity index (χ0v) is 14.6. The smallest absolute Gasteiger partial charge is 0.258 e. The van der Waals surface area contributed by atoms with Gasteiger partial charge in [-0.1, -0.05) is 29.8 Å². The van der Waals surface area contributed by atoms with Crippen LogP contribution in [0.25, 0.3) is 0 Å². The summed E-state index contributed by atoms with van der Waals surface area (Å²) >= 11 is 0. The molecule has 0 spiro atoms. The Balaban J connectivity index is 1.84. The third kappa shape index (κ3) is 3.66. The van der Waals surface area contributed by atoms with Crippen LogP contribution in [0.15, 0.2) is 42.5 Å². The molecule has 0 radical (unpaired) electrons. The summed E-state index contributed by atoms with van der Waals surface area (Å²) in [5.41, 5.74) is 4.59. The molecule has 1 heterocycles. The lowest BCUT2D eigenvalue weighted by molar-refractivity contribution is 0.0989. The van der Waals surface area contributed by atoms with Crippen LogP contribution in [0.3, 0.4) is 0 Å². The molecule has 126 valence electrons. The number of benzene rings is 2. The van der Waals surface area contributed by atoms with Crippen LogP contribution in [0.5, 0.6) is 0 Å². The van der Waals surface area contributed by atoms with Crippen molar-refractivity contribution in [2.45, 2.75) is 19.9 Å². The number of carbonyl (C=O) groups is 1. The molecular formula is C18H20N2O3S. The Hall–Kier alpha value is -2.18. The zero-order chi connectivity index (χ0) is 17.3. The number of rotatable bonds is 4. The van der Waals surface area contributed by atoms with Crippen LogP contribution in [0.4, 0.5) is 5.69 Å². The molecule has 1 aliphatic heterocycles. The molecule has 0 unspecified atom stereocenters. The summed E-state index contributed by atoms with van der Waals surface area (Å²) in [4.78, 5) is 14.5. The Kier molecular flexibility index (Phi) is 4.43. The average Bonchev–Trinajstić information content (AvgIpc) is 2.95. The lowest BCUT2D eigenvalue weighted by Crippen LogP contribution is -2.29. The first kappa shape index (κ1) is 16.7. The predicted molar refractivity (Wildman–Crippen MR) is 94.7 cm³/mol. The highest BCUT2D eigenvalue weighted by Crippen LogP contribution is 2.30. The standard InChI is InChI=1S/C18H20N2O3S/c1-13-3-6-16(7-4-13)18(21)20-10-9-15-8-5-14(11-17(15)20)12-19-24(2,22)23/h3-8,11,19H,9-10,12H2,1-2H3. The molecule has 2 aromatic carbocycles. The number of nitrogens with zero attached hydrogens (tertiary/aromatic N) is 1. The molecule has 0 aromatic heterocycles. The van der Waals surface area contributed by atoms with Gasteiger partial charge in [0.1, 0.15) is 0 Å². The van der Waals surface area contributed by atoms with Crippen molar-refractivity contribution in [1.29, 1.82) is 0 Å². The second kappa shape index (κ2) is 6.37. The molecule has 1 N–H and O–H groups in total. The van der Waals surface area contributed by atoms with Crippen molar-refractivity contribution in [3.8, 4) is 0 Å². The Morgan fingerprint density at radius 2 is 1.88 bits per heavy atom. The first-order valence-electron chi connectivity index (χ1n) is 7.78. The van der Waals surface area contributed by atoms with Crippen LogP contribution >= 0.6 is 0 Å². The summed E-state index contributed by atoms with van der Waals surface area (Å²) in [5.74, 6) is -0.0260. The summed E-state index contributed by atoms with van der Waals surface area (Å²) in [6, 6.07) is 13.3. The van der Waals surface area contributed by atoms with Gasteiger partial charge in [0.25, 0.3) is 5.91 Å². The van der Waals surface area contributed by atoms with Gasteiger partial charge in [-0.05, 0) is 42.7 Å². The number of anilines is 1. The van der Waals surface area contributed by atoms with Gasteiger partial charge in [-0.3, -0.25) is 4.79 Å². The molecule has 0 atom stereocenters. The number of nitrogens with one attached hydrogen (secondary N) is 1. The van der Waals surface area contributed by atoms with Crippen LogP contribution in [-0.2, 0) is 23.0 Å². The molecule has 2 aromatic rings. The van der Waals surface area contributed by atoms with Gasteiger partial charge < -0.3 is 4.90 Å². The normalized spacial score (nSPS) is 13.8. The fourth-order valence-corrected chi connectivity index (χ4v) is 3.24. The molecule has 1 amide bonds. The number of amides is 1. The van der Waals surface area contributed by atoms with Crippen molar-refractivity contribution < 1.29 is 13.2 Å². The van der Waals surface area contributed by atoms with Crippen molar-refractivity contribution in [3.05, 3.63) is 64.7 Å². The van der Waals surface area contributed by atoms with E-state index in [0.717, 1.165) is 35.1 Å². The second-order valence-electron chi connectivity index (χ2n) is 6.13. The molecular weight excluding hydrogens is 324 g/mol. The summed E-state index contributed by atoms with van der Waals surface area (Å²) in [5, 5.41) is 0. The van der Waals surface area contributed by atoms with Crippen molar-refractivity contribution in [3.63, 3.8) is 0 Å². The predicted octanol–water partition coefficient (Wildman–Crippen LogP) is 2.25. The molecule has 1 aliphatic rings. The summed E-state index contributed by atoms with van der Waals surface area (Å²) in [6.07, 6.45) is 1.94. The third-order valence-corrected chi connectivity index (χ3v) is 4.80. The van der Waals surface area contributed by atoms with Gasteiger partial charge in [-0.15, -0.1) is 0 Å². The Morgan fingerprint density at radius 1 is 1.17 bits per heavy atom. The van der Waals surface area contributed by atoms with E-state index in [1.54, 1.807) is 4.90 Å². The van der Waals surface area contributed by atoms with E-state index in [4.69, 9.17) is 0 Å². The van der Waals surface area contributed by atoms with E-state index in [2.05, 4.69) is 4.72 Å². The van der Waals surface area contributed by atoms with E-state index in [1.807, 2.05) is 49.4 Å². The third-order valence-electron chi connectivity index (χ3n) is 4.13. The van der Waals surface area contributed by atoms with Crippen LogP contribution in [0, 0.1) is 6.92 Å². The van der Waals surface area contributed by atoms with Gasteiger partial charge in [0.15, 0.2) is 0 Å². The van der Waals surface area contributed by atoms with Crippen molar-refractivity contribution in [2.24, 2.45) is 0 Å².